The van der Waals surface area contributed by atoms with Gasteiger partial charge in [0, 0.05) is 30.2 Å². The number of hydrogen-bond donors (Lipinski definition) is 2. The maximum atomic E-state index is 12.0. The fourth-order valence-electron chi connectivity index (χ4n) is 2.48. The normalized spacial score (nSPS) is 11.7. The van der Waals surface area contributed by atoms with Gasteiger partial charge in [-0.2, -0.15) is 10.4 Å². The number of nitrogens with zero attached hydrogens (tertiary/aromatic N) is 3. The Bertz CT molecular complexity index is 923. The highest BCUT2D eigenvalue weighted by Crippen LogP contribution is 2.24. The van der Waals surface area contributed by atoms with Crippen LogP contribution in [-0.4, -0.2) is 26.7 Å². The number of aromatic nitrogens is 3. The van der Waals surface area contributed by atoms with E-state index in [-0.39, 0.29) is 11.9 Å². The number of carbonyl (C=O) groups excluding carboxylic acids is 1. The molecule has 0 radical (unpaired) electrons. The van der Waals surface area contributed by atoms with E-state index < -0.39 is 0 Å². The van der Waals surface area contributed by atoms with E-state index in [1.165, 1.54) is 0 Å². The van der Waals surface area contributed by atoms with Gasteiger partial charge in [0.1, 0.15) is 6.07 Å². The minimum absolute atomic E-state index is 0.0836. The van der Waals surface area contributed by atoms with Crippen LogP contribution in [0.5, 0.6) is 0 Å². The number of benzene rings is 1. The predicted octanol–water partition coefficient (Wildman–Crippen LogP) is 3.22. The molecule has 2 N–H and O–H groups in total. The van der Waals surface area contributed by atoms with Crippen LogP contribution in [-0.2, 0) is 6.54 Å². The second-order valence-corrected chi connectivity index (χ2v) is 6.11. The molecule has 0 aliphatic carbocycles. The molecule has 7 heteroatoms. The lowest BCUT2D eigenvalue weighted by Gasteiger charge is -2.13. The van der Waals surface area contributed by atoms with Gasteiger partial charge in [0.05, 0.1) is 28.4 Å². The zero-order chi connectivity index (χ0) is 17.8. The third kappa shape index (κ3) is 3.90. The highest BCUT2D eigenvalue weighted by atomic mass is 35.5. The van der Waals surface area contributed by atoms with Crippen LogP contribution in [0.1, 0.15) is 22.8 Å². The van der Waals surface area contributed by atoms with E-state index in [9.17, 15) is 4.79 Å². The van der Waals surface area contributed by atoms with Gasteiger partial charge in [-0.25, -0.2) is 0 Å². The molecule has 0 aliphatic rings. The molecule has 0 aliphatic heterocycles. The first-order valence-electron chi connectivity index (χ1n) is 7.74. The highest BCUT2D eigenvalue weighted by molar-refractivity contribution is 6.32. The number of rotatable bonds is 5. The van der Waals surface area contributed by atoms with E-state index in [4.69, 9.17) is 16.9 Å². The molecule has 2 heterocycles. The fraction of sp³-hybridized carbons (Fsp3) is 0.167. The third-order valence-electron chi connectivity index (χ3n) is 3.72. The minimum atomic E-state index is -0.125. The van der Waals surface area contributed by atoms with Crippen LogP contribution in [0, 0.1) is 11.3 Å². The second kappa shape index (κ2) is 7.24. The predicted molar refractivity (Wildman–Crippen MR) is 95.1 cm³/mol. The van der Waals surface area contributed by atoms with Crippen molar-refractivity contribution in [2.75, 3.05) is 0 Å². The van der Waals surface area contributed by atoms with Gasteiger partial charge in [0.15, 0.2) is 0 Å². The van der Waals surface area contributed by atoms with Gasteiger partial charge in [-0.3, -0.25) is 9.48 Å². The molecule has 1 atom stereocenters. The quantitative estimate of drug-likeness (QED) is 0.738. The fourth-order valence-corrected chi connectivity index (χ4v) is 2.70. The van der Waals surface area contributed by atoms with Crippen molar-refractivity contribution in [1.82, 2.24) is 20.1 Å². The monoisotopic (exact) mass is 353 g/mol. The summed E-state index contributed by atoms with van der Waals surface area (Å²) in [6, 6.07) is 10.8. The summed E-state index contributed by atoms with van der Waals surface area (Å²) in [4.78, 5) is 14.9. The van der Waals surface area contributed by atoms with E-state index >= 15 is 0 Å². The lowest BCUT2D eigenvalue weighted by atomic mass is 10.1. The van der Waals surface area contributed by atoms with Crippen LogP contribution in [0.4, 0.5) is 0 Å². The Hall–Kier alpha value is -3.04. The smallest absolute Gasteiger partial charge is 0.253 e. The van der Waals surface area contributed by atoms with Crippen LogP contribution >= 0.6 is 11.6 Å². The summed E-state index contributed by atoms with van der Waals surface area (Å²) >= 11 is 6.07. The molecule has 2 aromatic heterocycles. The standard InChI is InChI=1S/C18H16ClN5O/c1-12(22-18(25)15-4-6-21-10-15)11-24-7-5-17(23-24)13-2-3-14(9-20)16(19)8-13/h2-8,10,12,21H,11H2,1H3,(H,22,25)/t12-/m1/s1. The van der Waals surface area contributed by atoms with Crippen molar-refractivity contribution in [2.45, 2.75) is 19.5 Å². The molecule has 25 heavy (non-hydrogen) atoms. The van der Waals surface area contributed by atoms with Crippen molar-refractivity contribution >= 4 is 17.5 Å². The Balaban J connectivity index is 1.66. The number of aromatic amines is 1. The molecule has 6 nitrogen and oxygen atoms in total. The zero-order valence-corrected chi connectivity index (χ0v) is 14.3. The Morgan fingerprint density at radius 3 is 2.96 bits per heavy atom. The molecule has 1 aromatic carbocycles. The Morgan fingerprint density at radius 1 is 1.44 bits per heavy atom. The van der Waals surface area contributed by atoms with Gasteiger partial charge in [0.25, 0.3) is 5.91 Å². The van der Waals surface area contributed by atoms with Crippen LogP contribution < -0.4 is 5.32 Å². The topological polar surface area (TPSA) is 86.5 Å². The molecule has 0 unspecified atom stereocenters. The highest BCUT2D eigenvalue weighted by Gasteiger charge is 2.12. The minimum Gasteiger partial charge on any atom is -0.367 e. The van der Waals surface area contributed by atoms with E-state index in [0.717, 1.165) is 11.3 Å². The van der Waals surface area contributed by atoms with Crippen LogP contribution in [0.15, 0.2) is 48.9 Å². The van der Waals surface area contributed by atoms with Gasteiger partial charge in [-0.15, -0.1) is 0 Å². The molecule has 0 fully saturated rings. The molecular weight excluding hydrogens is 338 g/mol. The van der Waals surface area contributed by atoms with E-state index in [1.807, 2.05) is 31.3 Å². The number of carbonyl (C=O) groups is 1. The van der Waals surface area contributed by atoms with Gasteiger partial charge >= 0.3 is 0 Å². The number of nitrogens with one attached hydrogen (secondary N) is 2. The maximum Gasteiger partial charge on any atom is 0.253 e. The Morgan fingerprint density at radius 2 is 2.28 bits per heavy atom. The van der Waals surface area contributed by atoms with Crippen molar-refractivity contribution in [3.63, 3.8) is 0 Å². The molecule has 3 aromatic rings. The van der Waals surface area contributed by atoms with Crippen molar-refractivity contribution in [3.8, 4) is 17.3 Å². The summed E-state index contributed by atoms with van der Waals surface area (Å²) in [6.07, 6.45) is 5.21. The number of nitriles is 1. The average Bonchev–Trinajstić information content (AvgIpc) is 3.26. The lowest BCUT2D eigenvalue weighted by Crippen LogP contribution is -2.35. The number of amides is 1. The van der Waals surface area contributed by atoms with Crippen molar-refractivity contribution in [1.29, 1.82) is 5.26 Å². The zero-order valence-electron chi connectivity index (χ0n) is 13.5. The second-order valence-electron chi connectivity index (χ2n) is 5.70. The first-order chi connectivity index (χ1) is 12.1. The van der Waals surface area contributed by atoms with E-state index in [1.54, 1.807) is 35.3 Å². The van der Waals surface area contributed by atoms with Crippen molar-refractivity contribution in [2.24, 2.45) is 0 Å². The lowest BCUT2D eigenvalue weighted by molar-refractivity contribution is 0.0936. The summed E-state index contributed by atoms with van der Waals surface area (Å²) in [5, 5.41) is 16.8. The van der Waals surface area contributed by atoms with Crippen LogP contribution in [0.25, 0.3) is 11.3 Å². The molecule has 1 amide bonds. The molecule has 3 rings (SSSR count). The molecule has 0 saturated heterocycles. The first kappa shape index (κ1) is 16.8. The number of hydrogen-bond acceptors (Lipinski definition) is 3. The number of halogens is 1. The molecule has 0 spiro atoms. The van der Waals surface area contributed by atoms with E-state index in [0.29, 0.717) is 22.7 Å². The summed E-state index contributed by atoms with van der Waals surface area (Å²) in [5.74, 6) is -0.125. The number of H-pyrrole nitrogens is 1. The Labute approximate surface area is 150 Å². The third-order valence-corrected chi connectivity index (χ3v) is 4.04. The van der Waals surface area contributed by atoms with Gasteiger partial charge < -0.3 is 10.3 Å². The largest absolute Gasteiger partial charge is 0.367 e. The average molecular weight is 354 g/mol. The van der Waals surface area contributed by atoms with Crippen LogP contribution in [0.3, 0.4) is 0 Å². The van der Waals surface area contributed by atoms with Crippen molar-refractivity contribution < 1.29 is 4.79 Å². The molecule has 126 valence electrons. The van der Waals surface area contributed by atoms with Gasteiger partial charge in [-0.05, 0) is 31.2 Å². The van der Waals surface area contributed by atoms with Crippen LogP contribution in [0.2, 0.25) is 5.02 Å². The summed E-state index contributed by atoms with van der Waals surface area (Å²) in [7, 11) is 0. The summed E-state index contributed by atoms with van der Waals surface area (Å²) < 4.78 is 1.77. The summed E-state index contributed by atoms with van der Waals surface area (Å²) in [6.45, 7) is 2.46. The van der Waals surface area contributed by atoms with Gasteiger partial charge in [0.2, 0.25) is 0 Å². The molecule has 0 bridgehead atoms. The first-order valence-corrected chi connectivity index (χ1v) is 8.12. The summed E-state index contributed by atoms with van der Waals surface area (Å²) in [5.41, 5.74) is 2.63. The SMILES string of the molecule is C[C@H](Cn1ccc(-c2ccc(C#N)c(Cl)c2)n1)NC(=O)c1cc[nH]c1. The molecule has 0 saturated carbocycles. The maximum absolute atomic E-state index is 12.0. The molecular formula is C18H16ClN5O. The van der Waals surface area contributed by atoms with Gasteiger partial charge in [-0.1, -0.05) is 17.7 Å². The Kier molecular flexibility index (Phi) is 4.87. The van der Waals surface area contributed by atoms with E-state index in [2.05, 4.69) is 15.4 Å². The van der Waals surface area contributed by atoms with Crippen molar-refractivity contribution in [3.05, 3.63) is 65.1 Å².